The lowest BCUT2D eigenvalue weighted by Gasteiger charge is -2.31. The molecule has 0 aliphatic carbocycles. The summed E-state index contributed by atoms with van der Waals surface area (Å²) in [4.78, 5) is 26.9. The first kappa shape index (κ1) is 16.5. The van der Waals surface area contributed by atoms with Gasteiger partial charge in [0.2, 0.25) is 0 Å². The average molecular weight is 343 g/mol. The Morgan fingerprint density at radius 3 is 2.38 bits per heavy atom. The van der Waals surface area contributed by atoms with E-state index in [1.54, 1.807) is 23.1 Å². The van der Waals surface area contributed by atoms with Crippen LogP contribution in [0.5, 0.6) is 0 Å². The van der Waals surface area contributed by atoms with Crippen molar-refractivity contribution < 1.29 is 9.59 Å². The molecule has 1 saturated heterocycles. The summed E-state index contributed by atoms with van der Waals surface area (Å²) in [7, 11) is 0. The van der Waals surface area contributed by atoms with Crippen molar-refractivity contribution in [1.29, 1.82) is 0 Å². The number of halogens is 1. The van der Waals surface area contributed by atoms with Crippen LogP contribution in [-0.2, 0) is 0 Å². The molecule has 1 fully saturated rings. The second-order valence-electron chi connectivity index (χ2n) is 6.03. The zero-order valence-electron chi connectivity index (χ0n) is 13.2. The second kappa shape index (κ2) is 7.05. The first-order valence-electron chi connectivity index (χ1n) is 8.00. The van der Waals surface area contributed by atoms with E-state index in [-0.39, 0.29) is 17.6 Å². The fraction of sp³-hybridized carbons (Fsp3) is 0.263. The lowest BCUT2D eigenvalue weighted by atomic mass is 9.88. The average Bonchev–Trinajstić information content (AvgIpc) is 2.63. The van der Waals surface area contributed by atoms with E-state index in [4.69, 9.17) is 17.3 Å². The second-order valence-corrected chi connectivity index (χ2v) is 6.46. The molecule has 4 nitrogen and oxygen atoms in total. The predicted molar refractivity (Wildman–Crippen MR) is 95.3 cm³/mol. The molecule has 0 saturated carbocycles. The number of hydrogen-bond acceptors (Lipinski definition) is 3. The Kier molecular flexibility index (Phi) is 4.86. The number of likely N-dealkylation sites (tertiary alicyclic amines) is 1. The van der Waals surface area contributed by atoms with E-state index < -0.39 is 0 Å². The normalized spacial score (nSPS) is 15.3. The molecule has 0 unspecified atom stereocenters. The van der Waals surface area contributed by atoms with E-state index in [9.17, 15) is 9.59 Å². The van der Waals surface area contributed by atoms with E-state index >= 15 is 0 Å². The van der Waals surface area contributed by atoms with Crippen LogP contribution >= 0.6 is 11.6 Å². The van der Waals surface area contributed by atoms with Crippen LogP contribution in [-0.4, -0.2) is 29.7 Å². The van der Waals surface area contributed by atoms with Gasteiger partial charge >= 0.3 is 0 Å². The third-order valence-electron chi connectivity index (χ3n) is 4.45. The van der Waals surface area contributed by atoms with Gasteiger partial charge in [0, 0.05) is 40.8 Å². The fourth-order valence-electron chi connectivity index (χ4n) is 3.07. The zero-order chi connectivity index (χ0) is 17.1. The molecule has 0 spiro atoms. The molecule has 2 aromatic rings. The van der Waals surface area contributed by atoms with Crippen LogP contribution in [0.25, 0.3) is 0 Å². The summed E-state index contributed by atoms with van der Waals surface area (Å²) < 4.78 is 0. The summed E-state index contributed by atoms with van der Waals surface area (Å²) in [5.74, 6) is -0.0869. The topological polar surface area (TPSA) is 63.4 Å². The molecule has 0 atom stereocenters. The summed E-state index contributed by atoms with van der Waals surface area (Å²) >= 11 is 5.97. The van der Waals surface area contributed by atoms with Crippen LogP contribution < -0.4 is 5.73 Å². The Bertz CT molecular complexity index is 753. The van der Waals surface area contributed by atoms with E-state index in [0.29, 0.717) is 47.8 Å². The molecular formula is C19H19ClN2O2. The molecule has 2 N–H and O–H groups in total. The lowest BCUT2D eigenvalue weighted by molar-refractivity contribution is 0.0650. The van der Waals surface area contributed by atoms with Crippen LogP contribution in [0.3, 0.4) is 0 Å². The number of nitrogen functional groups attached to an aromatic ring is 1. The minimum absolute atomic E-state index is 0.0156. The van der Waals surface area contributed by atoms with Crippen LogP contribution in [0, 0.1) is 5.92 Å². The molecule has 3 rings (SSSR count). The quantitative estimate of drug-likeness (QED) is 0.684. The van der Waals surface area contributed by atoms with Gasteiger partial charge in [-0.3, -0.25) is 9.59 Å². The number of nitrogens with two attached hydrogens (primary N) is 1. The third kappa shape index (κ3) is 3.44. The minimum atomic E-state index is -0.120. The number of piperidine rings is 1. The number of ketones is 1. The number of carbonyl (C=O) groups is 2. The summed E-state index contributed by atoms with van der Waals surface area (Å²) in [6.45, 7) is 1.15. The standard InChI is InChI=1S/C19H19ClN2O2/c20-15-6-7-17(21)16(12-15)18(23)13-8-10-22(11-9-13)19(24)14-4-2-1-3-5-14/h1-7,12-13H,8-11,21H2. The number of Topliss-reactive ketones (excluding diaryl/α,β-unsaturated/α-hetero) is 1. The van der Waals surface area contributed by atoms with Crippen molar-refractivity contribution in [2.24, 2.45) is 5.92 Å². The molecule has 1 aliphatic rings. The maximum atomic E-state index is 12.7. The van der Waals surface area contributed by atoms with Crippen LogP contribution in [0.15, 0.2) is 48.5 Å². The van der Waals surface area contributed by atoms with Gasteiger partial charge in [-0.1, -0.05) is 29.8 Å². The van der Waals surface area contributed by atoms with Crippen LogP contribution in [0.1, 0.15) is 33.6 Å². The molecule has 1 amide bonds. The highest BCUT2D eigenvalue weighted by molar-refractivity contribution is 6.31. The van der Waals surface area contributed by atoms with Crippen molar-refractivity contribution in [2.75, 3.05) is 18.8 Å². The van der Waals surface area contributed by atoms with Crippen molar-refractivity contribution in [3.63, 3.8) is 0 Å². The monoisotopic (exact) mass is 342 g/mol. The first-order chi connectivity index (χ1) is 11.6. The maximum absolute atomic E-state index is 12.7. The third-order valence-corrected chi connectivity index (χ3v) is 4.69. The highest BCUT2D eigenvalue weighted by atomic mass is 35.5. The van der Waals surface area contributed by atoms with Gasteiger partial charge in [-0.25, -0.2) is 0 Å². The van der Waals surface area contributed by atoms with E-state index in [0.717, 1.165) is 0 Å². The number of anilines is 1. The van der Waals surface area contributed by atoms with Crippen molar-refractivity contribution in [3.05, 3.63) is 64.7 Å². The zero-order valence-corrected chi connectivity index (χ0v) is 14.0. The van der Waals surface area contributed by atoms with E-state index in [1.807, 2.05) is 30.3 Å². The van der Waals surface area contributed by atoms with Crippen molar-refractivity contribution in [2.45, 2.75) is 12.8 Å². The number of hydrogen-bond donors (Lipinski definition) is 1. The molecular weight excluding hydrogens is 324 g/mol. The molecule has 1 heterocycles. The Hall–Kier alpha value is -2.33. The molecule has 0 aromatic heterocycles. The summed E-state index contributed by atoms with van der Waals surface area (Å²) in [5, 5.41) is 0.504. The van der Waals surface area contributed by atoms with Crippen LogP contribution in [0.4, 0.5) is 5.69 Å². The Balaban J connectivity index is 1.66. The largest absolute Gasteiger partial charge is 0.398 e. The van der Waals surface area contributed by atoms with Gasteiger partial charge in [0.25, 0.3) is 5.91 Å². The van der Waals surface area contributed by atoms with E-state index in [2.05, 4.69) is 0 Å². The Morgan fingerprint density at radius 1 is 1.04 bits per heavy atom. The number of rotatable bonds is 3. The minimum Gasteiger partial charge on any atom is -0.398 e. The summed E-state index contributed by atoms with van der Waals surface area (Å²) in [6, 6.07) is 14.2. The van der Waals surface area contributed by atoms with Gasteiger partial charge in [0.15, 0.2) is 5.78 Å². The number of amides is 1. The van der Waals surface area contributed by atoms with Gasteiger partial charge < -0.3 is 10.6 Å². The molecule has 2 aromatic carbocycles. The Labute approximate surface area is 146 Å². The first-order valence-corrected chi connectivity index (χ1v) is 8.37. The number of benzene rings is 2. The SMILES string of the molecule is Nc1ccc(Cl)cc1C(=O)C1CCN(C(=O)c2ccccc2)CC1. The van der Waals surface area contributed by atoms with Gasteiger partial charge in [0.1, 0.15) is 0 Å². The Morgan fingerprint density at radius 2 is 1.71 bits per heavy atom. The van der Waals surface area contributed by atoms with Gasteiger partial charge in [-0.05, 0) is 43.2 Å². The highest BCUT2D eigenvalue weighted by Crippen LogP contribution is 2.27. The predicted octanol–water partition coefficient (Wildman–Crippen LogP) is 3.66. The maximum Gasteiger partial charge on any atom is 0.253 e. The lowest BCUT2D eigenvalue weighted by Crippen LogP contribution is -2.40. The van der Waals surface area contributed by atoms with Gasteiger partial charge in [0.05, 0.1) is 0 Å². The van der Waals surface area contributed by atoms with Crippen molar-refractivity contribution >= 4 is 29.0 Å². The number of carbonyl (C=O) groups excluding carboxylic acids is 2. The molecule has 5 heteroatoms. The van der Waals surface area contributed by atoms with Crippen LogP contribution in [0.2, 0.25) is 5.02 Å². The fourth-order valence-corrected chi connectivity index (χ4v) is 3.24. The van der Waals surface area contributed by atoms with Crippen molar-refractivity contribution in [1.82, 2.24) is 4.90 Å². The molecule has 1 aliphatic heterocycles. The number of nitrogens with zero attached hydrogens (tertiary/aromatic N) is 1. The van der Waals surface area contributed by atoms with E-state index in [1.165, 1.54) is 0 Å². The molecule has 0 radical (unpaired) electrons. The van der Waals surface area contributed by atoms with Crippen molar-refractivity contribution in [3.8, 4) is 0 Å². The van der Waals surface area contributed by atoms with Gasteiger partial charge in [-0.15, -0.1) is 0 Å². The smallest absolute Gasteiger partial charge is 0.253 e. The molecule has 0 bridgehead atoms. The molecule has 24 heavy (non-hydrogen) atoms. The van der Waals surface area contributed by atoms with Gasteiger partial charge in [-0.2, -0.15) is 0 Å². The highest BCUT2D eigenvalue weighted by Gasteiger charge is 2.29. The summed E-state index contributed by atoms with van der Waals surface area (Å²) in [5.41, 5.74) is 7.52. The molecule has 124 valence electrons. The summed E-state index contributed by atoms with van der Waals surface area (Å²) in [6.07, 6.45) is 1.28.